The molecule has 1 aromatic heterocycles. The summed E-state index contributed by atoms with van der Waals surface area (Å²) in [4.78, 5) is 14.6. The number of nitrogens with one attached hydrogen (secondary N) is 2. The zero-order chi connectivity index (χ0) is 16.1. The van der Waals surface area contributed by atoms with Crippen LogP contribution in [-0.4, -0.2) is 59.4 Å². The summed E-state index contributed by atoms with van der Waals surface area (Å²) in [6.07, 6.45) is 9.65. The van der Waals surface area contributed by atoms with Crippen molar-refractivity contribution in [2.45, 2.75) is 38.1 Å². The fourth-order valence-electron chi connectivity index (χ4n) is 3.69. The van der Waals surface area contributed by atoms with E-state index in [1.807, 2.05) is 17.9 Å². The van der Waals surface area contributed by atoms with Gasteiger partial charge in [0.2, 0.25) is 5.91 Å². The first-order valence-electron chi connectivity index (χ1n) is 8.91. The Kier molecular flexibility index (Phi) is 9.79. The number of hydrogen-bond acceptors (Lipinski definition) is 4. The number of piperidine rings is 1. The number of amides is 1. The second-order valence-corrected chi connectivity index (χ2v) is 6.98. The number of carbonyl (C=O) groups excluding carboxylic acids is 1. The molecule has 25 heavy (non-hydrogen) atoms. The van der Waals surface area contributed by atoms with Gasteiger partial charge in [0.25, 0.3) is 0 Å². The molecule has 0 radical (unpaired) electrons. The molecule has 0 bridgehead atoms. The first kappa shape index (κ1) is 22.2. The Balaban J connectivity index is 0.00000156. The average Bonchev–Trinajstić information content (AvgIpc) is 3.23. The topological polar surface area (TPSA) is 62.2 Å². The molecule has 0 saturated carbocycles. The van der Waals surface area contributed by atoms with Gasteiger partial charge >= 0.3 is 0 Å². The van der Waals surface area contributed by atoms with Gasteiger partial charge in [0, 0.05) is 32.9 Å². The molecule has 8 heteroatoms. The summed E-state index contributed by atoms with van der Waals surface area (Å²) in [5, 5.41) is 10.6. The van der Waals surface area contributed by atoms with Gasteiger partial charge < -0.3 is 15.5 Å². The van der Waals surface area contributed by atoms with Crippen LogP contribution in [0.25, 0.3) is 0 Å². The highest BCUT2D eigenvalue weighted by Crippen LogP contribution is 2.16. The maximum absolute atomic E-state index is 12.1. The molecule has 1 aromatic rings. The molecule has 2 saturated heterocycles. The zero-order valence-corrected chi connectivity index (χ0v) is 16.6. The lowest BCUT2D eigenvalue weighted by molar-refractivity contribution is -0.123. The minimum Gasteiger partial charge on any atom is -0.354 e. The second kappa shape index (κ2) is 11.0. The van der Waals surface area contributed by atoms with E-state index in [9.17, 15) is 4.79 Å². The molecular formula is C17H31Cl2N5O. The smallest absolute Gasteiger partial charge is 0.237 e. The van der Waals surface area contributed by atoms with E-state index in [1.165, 1.54) is 24.9 Å². The number of nitrogens with zero attached hydrogens (tertiary/aromatic N) is 3. The van der Waals surface area contributed by atoms with Crippen molar-refractivity contribution in [3.05, 3.63) is 18.0 Å². The first-order valence-corrected chi connectivity index (χ1v) is 8.91. The molecule has 2 aliphatic heterocycles. The van der Waals surface area contributed by atoms with Crippen LogP contribution in [0.1, 0.15) is 31.2 Å². The summed E-state index contributed by atoms with van der Waals surface area (Å²) < 4.78 is 1.86. The molecule has 0 aromatic carbocycles. The summed E-state index contributed by atoms with van der Waals surface area (Å²) in [6, 6.07) is 0.0419. The van der Waals surface area contributed by atoms with Gasteiger partial charge in [-0.25, -0.2) is 0 Å². The number of halogens is 2. The third-order valence-corrected chi connectivity index (χ3v) is 5.02. The largest absolute Gasteiger partial charge is 0.354 e. The summed E-state index contributed by atoms with van der Waals surface area (Å²) in [7, 11) is 1.96. The normalized spacial score (nSPS) is 23.6. The summed E-state index contributed by atoms with van der Waals surface area (Å²) in [5.41, 5.74) is 1.30. The summed E-state index contributed by atoms with van der Waals surface area (Å²) in [6.45, 7) is 5.15. The molecule has 0 spiro atoms. The highest BCUT2D eigenvalue weighted by atomic mass is 35.5. The van der Waals surface area contributed by atoms with Crippen molar-refractivity contribution in [2.75, 3.05) is 32.7 Å². The van der Waals surface area contributed by atoms with Gasteiger partial charge in [-0.1, -0.05) is 0 Å². The molecule has 2 fully saturated rings. The van der Waals surface area contributed by atoms with E-state index in [4.69, 9.17) is 0 Å². The van der Waals surface area contributed by atoms with Crippen molar-refractivity contribution < 1.29 is 4.79 Å². The molecule has 2 atom stereocenters. The second-order valence-electron chi connectivity index (χ2n) is 6.98. The van der Waals surface area contributed by atoms with Crippen LogP contribution in [0.4, 0.5) is 0 Å². The van der Waals surface area contributed by atoms with Crippen molar-refractivity contribution in [3.63, 3.8) is 0 Å². The minimum atomic E-state index is 0. The highest BCUT2D eigenvalue weighted by Gasteiger charge is 2.24. The predicted octanol–water partition coefficient (Wildman–Crippen LogP) is 1.39. The Hall–Kier alpha value is -0.820. The Bertz CT molecular complexity index is 519. The Morgan fingerprint density at radius 2 is 2.20 bits per heavy atom. The molecule has 0 aliphatic carbocycles. The van der Waals surface area contributed by atoms with Gasteiger partial charge in [-0.3, -0.25) is 9.48 Å². The number of hydrogen-bond donors (Lipinski definition) is 2. The van der Waals surface area contributed by atoms with Gasteiger partial charge in [-0.15, -0.1) is 24.8 Å². The van der Waals surface area contributed by atoms with Crippen LogP contribution in [-0.2, 0) is 18.3 Å². The van der Waals surface area contributed by atoms with Crippen molar-refractivity contribution in [1.29, 1.82) is 0 Å². The van der Waals surface area contributed by atoms with Crippen LogP contribution in [0.3, 0.4) is 0 Å². The van der Waals surface area contributed by atoms with Gasteiger partial charge in [-0.2, -0.15) is 5.10 Å². The summed E-state index contributed by atoms with van der Waals surface area (Å²) in [5.74, 6) is 0.776. The average molecular weight is 392 g/mol. The third kappa shape index (κ3) is 6.77. The van der Waals surface area contributed by atoms with E-state index in [2.05, 4.69) is 26.8 Å². The molecule has 3 heterocycles. The first-order chi connectivity index (χ1) is 11.2. The molecule has 3 rings (SSSR count). The molecule has 2 aliphatic rings. The molecule has 1 amide bonds. The molecule has 144 valence electrons. The lowest BCUT2D eigenvalue weighted by atomic mass is 9.97. The van der Waals surface area contributed by atoms with Gasteiger partial charge in [0.15, 0.2) is 0 Å². The Morgan fingerprint density at radius 1 is 1.36 bits per heavy atom. The van der Waals surface area contributed by atoms with E-state index in [-0.39, 0.29) is 36.8 Å². The van der Waals surface area contributed by atoms with E-state index in [0.717, 1.165) is 45.4 Å². The van der Waals surface area contributed by atoms with Crippen LogP contribution in [0.2, 0.25) is 0 Å². The predicted molar refractivity (Wildman–Crippen MR) is 105 cm³/mol. The fraction of sp³-hybridized carbons (Fsp3) is 0.765. The van der Waals surface area contributed by atoms with Gasteiger partial charge in [0.05, 0.1) is 12.2 Å². The number of likely N-dealkylation sites (tertiary alicyclic amines) is 1. The number of aromatic nitrogens is 2. The van der Waals surface area contributed by atoms with Crippen LogP contribution >= 0.6 is 24.8 Å². The number of carbonyl (C=O) groups is 1. The van der Waals surface area contributed by atoms with Crippen LogP contribution in [0.15, 0.2) is 12.4 Å². The van der Waals surface area contributed by atoms with Crippen molar-refractivity contribution in [2.24, 2.45) is 13.0 Å². The van der Waals surface area contributed by atoms with Crippen molar-refractivity contribution in [1.82, 2.24) is 25.3 Å². The van der Waals surface area contributed by atoms with E-state index < -0.39 is 0 Å². The van der Waals surface area contributed by atoms with Crippen LogP contribution in [0, 0.1) is 5.92 Å². The van der Waals surface area contributed by atoms with Crippen molar-refractivity contribution >= 4 is 30.7 Å². The Labute approximate surface area is 162 Å². The summed E-state index contributed by atoms with van der Waals surface area (Å²) >= 11 is 0. The van der Waals surface area contributed by atoms with Gasteiger partial charge in [-0.05, 0) is 56.7 Å². The standard InChI is InChI=1S/C17H29N5O.2ClH/c1-21-12-15(11-20-21)6-9-22-8-3-4-14(13-22)10-19-17(23)16-5-2-7-18-16;;/h11-12,14,16,18H,2-10,13H2,1H3,(H,19,23);2*1H. The quantitative estimate of drug-likeness (QED) is 0.768. The molecule has 2 N–H and O–H groups in total. The van der Waals surface area contributed by atoms with E-state index >= 15 is 0 Å². The SMILES string of the molecule is Cl.Cl.Cn1cc(CCN2CCCC(CNC(=O)C3CCCN3)C2)cn1. The number of rotatable bonds is 6. The van der Waals surface area contributed by atoms with Crippen LogP contribution < -0.4 is 10.6 Å². The van der Waals surface area contributed by atoms with Crippen molar-refractivity contribution in [3.8, 4) is 0 Å². The number of aryl methyl sites for hydroxylation is 1. The monoisotopic (exact) mass is 391 g/mol. The van der Waals surface area contributed by atoms with E-state index in [1.54, 1.807) is 0 Å². The molecule has 2 unspecified atom stereocenters. The molecular weight excluding hydrogens is 361 g/mol. The Morgan fingerprint density at radius 3 is 2.88 bits per heavy atom. The maximum atomic E-state index is 12.1. The fourth-order valence-corrected chi connectivity index (χ4v) is 3.69. The maximum Gasteiger partial charge on any atom is 0.237 e. The minimum absolute atomic E-state index is 0. The third-order valence-electron chi connectivity index (χ3n) is 5.02. The zero-order valence-electron chi connectivity index (χ0n) is 14.9. The van der Waals surface area contributed by atoms with Gasteiger partial charge in [0.1, 0.15) is 0 Å². The highest BCUT2D eigenvalue weighted by molar-refractivity contribution is 5.85. The van der Waals surface area contributed by atoms with E-state index in [0.29, 0.717) is 5.92 Å². The molecule has 6 nitrogen and oxygen atoms in total. The lowest BCUT2D eigenvalue weighted by Gasteiger charge is -2.33. The van der Waals surface area contributed by atoms with Crippen LogP contribution in [0.5, 0.6) is 0 Å². The lowest BCUT2D eigenvalue weighted by Crippen LogP contribution is -2.45.